The first kappa shape index (κ1) is 15.0. The number of likely N-dealkylation sites (tertiary alicyclic amines) is 1. The van der Waals surface area contributed by atoms with Gasteiger partial charge in [0.15, 0.2) is 0 Å². The molecule has 1 aromatic rings. The largest absolute Gasteiger partial charge is 0.384 e. The quantitative estimate of drug-likeness (QED) is 0.505. The lowest BCUT2D eigenvalue weighted by molar-refractivity contribution is -0.139. The Labute approximate surface area is 124 Å². The number of rotatable bonds is 2. The molecule has 1 aliphatic rings. The minimum Gasteiger partial charge on any atom is -0.384 e. The van der Waals surface area contributed by atoms with Gasteiger partial charge in [-0.2, -0.15) is 0 Å². The number of carbonyl (C=O) groups excluding carboxylic acids is 2. The molecule has 0 aromatic heterocycles. The minimum atomic E-state index is -0.461. The van der Waals surface area contributed by atoms with Gasteiger partial charge in [0.2, 0.25) is 6.29 Å². The van der Waals surface area contributed by atoms with E-state index in [1.807, 2.05) is 30.3 Å². The molecule has 1 amide bonds. The molecular weight excluding hydrogens is 266 g/mol. The second-order valence-electron chi connectivity index (χ2n) is 4.75. The third-order valence-corrected chi connectivity index (χ3v) is 3.49. The third kappa shape index (κ3) is 3.80. The predicted octanol–water partition coefficient (Wildman–Crippen LogP) is 1.26. The van der Waals surface area contributed by atoms with Gasteiger partial charge in [-0.3, -0.25) is 9.59 Å². The highest BCUT2D eigenvalue weighted by atomic mass is 16.2. The molecule has 0 spiro atoms. The van der Waals surface area contributed by atoms with E-state index in [4.69, 9.17) is 5.11 Å². The van der Waals surface area contributed by atoms with Crippen LogP contribution in [0, 0.1) is 11.8 Å². The smallest absolute Gasteiger partial charge is 0.286 e. The summed E-state index contributed by atoms with van der Waals surface area (Å²) < 4.78 is 0. The van der Waals surface area contributed by atoms with Crippen LogP contribution >= 0.6 is 0 Å². The van der Waals surface area contributed by atoms with E-state index < -0.39 is 5.91 Å². The number of piperidine rings is 1. The van der Waals surface area contributed by atoms with Crippen LogP contribution in [-0.2, 0) is 9.59 Å². The molecule has 21 heavy (non-hydrogen) atoms. The molecule has 0 saturated carbocycles. The number of aliphatic hydroxyl groups is 1. The molecule has 1 aliphatic heterocycles. The van der Waals surface area contributed by atoms with Gasteiger partial charge in [0.1, 0.15) is 6.61 Å². The fourth-order valence-electron chi connectivity index (χ4n) is 2.42. The summed E-state index contributed by atoms with van der Waals surface area (Å²) in [5.74, 6) is 5.26. The van der Waals surface area contributed by atoms with Gasteiger partial charge < -0.3 is 10.0 Å². The molecule has 2 rings (SSSR count). The van der Waals surface area contributed by atoms with Crippen molar-refractivity contribution in [3.63, 3.8) is 0 Å². The van der Waals surface area contributed by atoms with Crippen LogP contribution in [0.15, 0.2) is 35.9 Å². The highest BCUT2D eigenvalue weighted by molar-refractivity contribution is 6.23. The molecule has 0 aliphatic carbocycles. The highest BCUT2D eigenvalue weighted by Crippen LogP contribution is 2.26. The Morgan fingerprint density at radius 3 is 2.48 bits per heavy atom. The Bertz CT molecular complexity index is 598. The van der Waals surface area contributed by atoms with E-state index in [2.05, 4.69) is 11.8 Å². The molecule has 0 unspecified atom stereocenters. The number of benzene rings is 1. The number of amides is 1. The maximum atomic E-state index is 11.4. The molecule has 4 nitrogen and oxygen atoms in total. The first-order valence-electron chi connectivity index (χ1n) is 6.87. The van der Waals surface area contributed by atoms with Crippen molar-refractivity contribution in [3.8, 4) is 11.8 Å². The maximum Gasteiger partial charge on any atom is 0.286 e. The van der Waals surface area contributed by atoms with Crippen molar-refractivity contribution < 1.29 is 14.7 Å². The number of nitrogens with zero attached hydrogens (tertiary/aromatic N) is 1. The van der Waals surface area contributed by atoms with E-state index in [1.54, 1.807) is 4.90 Å². The number of hydrogen-bond acceptors (Lipinski definition) is 3. The van der Waals surface area contributed by atoms with Crippen LogP contribution in [0.4, 0.5) is 0 Å². The van der Waals surface area contributed by atoms with Gasteiger partial charge in [0.05, 0.1) is 0 Å². The average Bonchev–Trinajstić information content (AvgIpc) is 2.56. The summed E-state index contributed by atoms with van der Waals surface area (Å²) in [6.07, 6.45) is 1.76. The van der Waals surface area contributed by atoms with E-state index in [0.717, 1.165) is 16.7 Å². The molecular formula is C17H17NO3. The first-order chi connectivity index (χ1) is 10.3. The maximum absolute atomic E-state index is 11.4. The molecule has 0 bridgehead atoms. The topological polar surface area (TPSA) is 57.6 Å². The number of carbonyl (C=O) groups is 2. The average molecular weight is 283 g/mol. The van der Waals surface area contributed by atoms with Crippen molar-refractivity contribution in [2.24, 2.45) is 0 Å². The number of hydrogen-bond donors (Lipinski definition) is 1. The second-order valence-corrected chi connectivity index (χ2v) is 4.75. The van der Waals surface area contributed by atoms with Crippen molar-refractivity contribution >= 4 is 17.8 Å². The van der Waals surface area contributed by atoms with E-state index in [-0.39, 0.29) is 6.61 Å². The van der Waals surface area contributed by atoms with Crippen LogP contribution in [0.5, 0.6) is 0 Å². The zero-order valence-electron chi connectivity index (χ0n) is 11.7. The number of aldehydes is 1. The summed E-state index contributed by atoms with van der Waals surface area (Å²) >= 11 is 0. The van der Waals surface area contributed by atoms with Crippen LogP contribution in [0.25, 0.3) is 5.57 Å². The van der Waals surface area contributed by atoms with E-state index in [9.17, 15) is 9.59 Å². The Hall–Kier alpha value is -2.38. The van der Waals surface area contributed by atoms with Gasteiger partial charge in [-0.1, -0.05) is 47.7 Å². The van der Waals surface area contributed by atoms with Crippen molar-refractivity contribution in [2.45, 2.75) is 12.8 Å². The van der Waals surface area contributed by atoms with E-state index in [1.165, 1.54) is 0 Å². The number of aliphatic hydroxyl groups excluding tert-OH is 1. The van der Waals surface area contributed by atoms with Gasteiger partial charge in [0, 0.05) is 18.7 Å². The van der Waals surface area contributed by atoms with Gasteiger partial charge in [-0.15, -0.1) is 0 Å². The van der Waals surface area contributed by atoms with Gasteiger partial charge in [0.25, 0.3) is 5.91 Å². The second kappa shape index (κ2) is 7.41. The summed E-state index contributed by atoms with van der Waals surface area (Å²) in [6.45, 7) is 0.882. The van der Waals surface area contributed by atoms with Crippen molar-refractivity contribution in [2.75, 3.05) is 19.7 Å². The molecule has 108 valence electrons. The lowest BCUT2D eigenvalue weighted by atomic mass is 9.93. The molecule has 4 heteroatoms. The van der Waals surface area contributed by atoms with Gasteiger partial charge in [-0.05, 0) is 18.4 Å². The summed E-state index contributed by atoms with van der Waals surface area (Å²) in [7, 11) is 0. The molecule has 0 atom stereocenters. The normalized spacial score (nSPS) is 14.1. The Morgan fingerprint density at radius 2 is 1.90 bits per heavy atom. The van der Waals surface area contributed by atoms with Crippen LogP contribution in [-0.4, -0.2) is 41.9 Å². The Kier molecular flexibility index (Phi) is 5.30. The highest BCUT2D eigenvalue weighted by Gasteiger charge is 2.20. The van der Waals surface area contributed by atoms with Crippen LogP contribution < -0.4 is 0 Å². The molecule has 1 heterocycles. The fraction of sp³-hybridized carbons (Fsp3) is 0.294. The molecule has 1 saturated heterocycles. The molecule has 1 aromatic carbocycles. The van der Waals surface area contributed by atoms with Crippen LogP contribution in [0.2, 0.25) is 0 Å². The van der Waals surface area contributed by atoms with Gasteiger partial charge in [-0.25, -0.2) is 0 Å². The lowest BCUT2D eigenvalue weighted by Crippen LogP contribution is -2.37. The minimum absolute atomic E-state index is 0.181. The predicted molar refractivity (Wildman–Crippen MR) is 80.1 cm³/mol. The Morgan fingerprint density at radius 1 is 1.24 bits per heavy atom. The zero-order chi connectivity index (χ0) is 15.1. The fourth-order valence-corrected chi connectivity index (χ4v) is 2.42. The molecule has 1 N–H and O–H groups in total. The van der Waals surface area contributed by atoms with E-state index in [0.29, 0.717) is 32.2 Å². The third-order valence-electron chi connectivity index (χ3n) is 3.49. The van der Waals surface area contributed by atoms with Crippen LogP contribution in [0.1, 0.15) is 18.4 Å². The van der Waals surface area contributed by atoms with Crippen molar-refractivity contribution in [1.29, 1.82) is 0 Å². The SMILES string of the molecule is O=CC(=O)N1CCC(=C(C#CCO)c2ccccc2)CC1. The van der Waals surface area contributed by atoms with Crippen LogP contribution in [0.3, 0.4) is 0 Å². The Balaban J connectivity index is 2.25. The summed E-state index contributed by atoms with van der Waals surface area (Å²) in [5, 5.41) is 8.92. The number of allylic oxidation sites excluding steroid dienone is 1. The zero-order valence-corrected chi connectivity index (χ0v) is 11.7. The van der Waals surface area contributed by atoms with Crippen molar-refractivity contribution in [3.05, 3.63) is 41.5 Å². The molecule has 0 radical (unpaired) electrons. The van der Waals surface area contributed by atoms with E-state index >= 15 is 0 Å². The first-order valence-corrected chi connectivity index (χ1v) is 6.87. The monoisotopic (exact) mass is 283 g/mol. The standard InChI is InChI=1S/C17H17NO3/c19-12-4-7-16(14-5-2-1-3-6-14)15-8-10-18(11-9-15)17(21)13-20/h1-3,5-6,13,19H,8-12H2. The summed E-state index contributed by atoms with van der Waals surface area (Å²) in [4.78, 5) is 23.4. The lowest BCUT2D eigenvalue weighted by Gasteiger charge is -2.27. The van der Waals surface area contributed by atoms with Gasteiger partial charge >= 0.3 is 0 Å². The summed E-state index contributed by atoms with van der Waals surface area (Å²) in [6, 6.07) is 9.80. The molecule has 1 fully saturated rings. The summed E-state index contributed by atoms with van der Waals surface area (Å²) in [5.41, 5.74) is 3.10. The van der Waals surface area contributed by atoms with Crippen molar-refractivity contribution in [1.82, 2.24) is 4.90 Å².